The van der Waals surface area contributed by atoms with Crippen molar-refractivity contribution in [1.29, 1.82) is 0 Å². The van der Waals surface area contributed by atoms with Crippen LogP contribution < -0.4 is 5.32 Å². The highest BCUT2D eigenvalue weighted by atomic mass is 15.2. The third kappa shape index (κ3) is 2.31. The quantitative estimate of drug-likeness (QED) is 0.887. The first-order valence-corrected chi connectivity index (χ1v) is 7.36. The fourth-order valence-electron chi connectivity index (χ4n) is 3.37. The van der Waals surface area contributed by atoms with Crippen LogP contribution in [0.4, 0.5) is 0 Å². The van der Waals surface area contributed by atoms with Crippen LogP contribution in [0, 0.1) is 0 Å². The van der Waals surface area contributed by atoms with Gasteiger partial charge in [-0.1, -0.05) is 6.92 Å². The number of imidazole rings is 1. The van der Waals surface area contributed by atoms with E-state index in [4.69, 9.17) is 0 Å². The second-order valence-corrected chi connectivity index (χ2v) is 5.56. The van der Waals surface area contributed by atoms with Crippen LogP contribution >= 0.6 is 0 Å². The average Bonchev–Trinajstić information content (AvgIpc) is 3.09. The first kappa shape index (κ1) is 12.2. The van der Waals surface area contributed by atoms with Gasteiger partial charge in [0.2, 0.25) is 0 Å². The van der Waals surface area contributed by atoms with Gasteiger partial charge in [0.25, 0.3) is 0 Å². The number of piperidine rings is 1. The van der Waals surface area contributed by atoms with Crippen molar-refractivity contribution in [2.45, 2.75) is 44.7 Å². The first-order chi connectivity index (χ1) is 8.88. The molecule has 2 atom stereocenters. The molecule has 2 saturated heterocycles. The molecule has 4 heteroatoms. The fraction of sp³-hybridized carbons (Fsp3) is 0.786. The summed E-state index contributed by atoms with van der Waals surface area (Å²) in [6, 6.07) is 1.16. The summed E-state index contributed by atoms with van der Waals surface area (Å²) in [4.78, 5) is 6.95. The van der Waals surface area contributed by atoms with Gasteiger partial charge in [-0.15, -0.1) is 0 Å². The Morgan fingerprint density at radius 3 is 3.11 bits per heavy atom. The molecule has 0 aliphatic carbocycles. The van der Waals surface area contributed by atoms with Gasteiger partial charge in [0.1, 0.15) is 0 Å². The predicted molar refractivity (Wildman–Crippen MR) is 72.6 cm³/mol. The molecule has 1 aromatic heterocycles. The van der Waals surface area contributed by atoms with Gasteiger partial charge in [0.15, 0.2) is 0 Å². The SMILES string of the molecule is CCN1CCCC(n2cncc2C2CCCN2)C1. The number of nitrogens with zero attached hydrogens (tertiary/aromatic N) is 3. The Kier molecular flexibility index (Phi) is 3.66. The minimum absolute atomic E-state index is 0.532. The second-order valence-electron chi connectivity index (χ2n) is 5.56. The molecule has 4 nitrogen and oxygen atoms in total. The number of nitrogens with one attached hydrogen (secondary N) is 1. The summed E-state index contributed by atoms with van der Waals surface area (Å²) >= 11 is 0. The molecule has 100 valence electrons. The van der Waals surface area contributed by atoms with Gasteiger partial charge in [-0.25, -0.2) is 4.98 Å². The van der Waals surface area contributed by atoms with Crippen molar-refractivity contribution >= 4 is 0 Å². The highest BCUT2D eigenvalue weighted by Crippen LogP contribution is 2.28. The molecular weight excluding hydrogens is 224 g/mol. The minimum atomic E-state index is 0.532. The lowest BCUT2D eigenvalue weighted by Gasteiger charge is -2.34. The van der Waals surface area contributed by atoms with Crippen LogP contribution in [0.15, 0.2) is 12.5 Å². The lowest BCUT2D eigenvalue weighted by molar-refractivity contribution is 0.182. The van der Waals surface area contributed by atoms with Crippen LogP contribution in [0.1, 0.15) is 50.4 Å². The zero-order chi connectivity index (χ0) is 12.4. The number of hydrogen-bond donors (Lipinski definition) is 1. The molecule has 0 aromatic carbocycles. The van der Waals surface area contributed by atoms with E-state index in [0.29, 0.717) is 12.1 Å². The molecule has 2 aliphatic heterocycles. The molecule has 2 fully saturated rings. The Bertz CT molecular complexity index is 381. The molecule has 0 amide bonds. The molecule has 0 spiro atoms. The van der Waals surface area contributed by atoms with Crippen molar-refractivity contribution in [3.05, 3.63) is 18.2 Å². The molecule has 0 saturated carbocycles. The largest absolute Gasteiger partial charge is 0.329 e. The third-order valence-electron chi connectivity index (χ3n) is 4.43. The number of likely N-dealkylation sites (N-methyl/N-ethyl adjacent to an activating group) is 1. The van der Waals surface area contributed by atoms with E-state index in [1.165, 1.54) is 51.0 Å². The van der Waals surface area contributed by atoms with Crippen LogP contribution in [0.25, 0.3) is 0 Å². The van der Waals surface area contributed by atoms with Crippen LogP contribution in [-0.2, 0) is 0 Å². The monoisotopic (exact) mass is 248 g/mol. The Labute approximate surface area is 109 Å². The smallest absolute Gasteiger partial charge is 0.0951 e. The van der Waals surface area contributed by atoms with E-state index in [1.54, 1.807) is 0 Å². The molecule has 3 rings (SSSR count). The summed E-state index contributed by atoms with van der Waals surface area (Å²) in [6.45, 7) is 7.03. The van der Waals surface area contributed by atoms with E-state index in [1.807, 2.05) is 6.33 Å². The van der Waals surface area contributed by atoms with Gasteiger partial charge in [0.05, 0.1) is 12.0 Å². The summed E-state index contributed by atoms with van der Waals surface area (Å²) in [5.41, 5.74) is 1.40. The predicted octanol–water partition coefficient (Wildman–Crippen LogP) is 1.96. The summed E-state index contributed by atoms with van der Waals surface area (Å²) in [6.07, 6.45) is 9.27. The van der Waals surface area contributed by atoms with Gasteiger partial charge in [-0.05, 0) is 45.3 Å². The van der Waals surface area contributed by atoms with Crippen LogP contribution in [-0.4, -0.2) is 40.6 Å². The van der Waals surface area contributed by atoms with Gasteiger partial charge < -0.3 is 14.8 Å². The second kappa shape index (κ2) is 5.41. The lowest BCUT2D eigenvalue weighted by Crippen LogP contribution is -2.37. The summed E-state index contributed by atoms with van der Waals surface area (Å²) in [7, 11) is 0. The van der Waals surface area contributed by atoms with Gasteiger partial charge >= 0.3 is 0 Å². The molecular formula is C14H24N4. The molecule has 0 radical (unpaired) electrons. The Morgan fingerprint density at radius 1 is 1.39 bits per heavy atom. The summed E-state index contributed by atoms with van der Waals surface area (Å²) in [5.74, 6) is 0. The third-order valence-corrected chi connectivity index (χ3v) is 4.43. The topological polar surface area (TPSA) is 33.1 Å². The van der Waals surface area contributed by atoms with Crippen LogP contribution in [0.2, 0.25) is 0 Å². The average molecular weight is 248 g/mol. The fourth-order valence-corrected chi connectivity index (χ4v) is 3.37. The Morgan fingerprint density at radius 2 is 2.33 bits per heavy atom. The van der Waals surface area contributed by atoms with Gasteiger partial charge in [-0.3, -0.25) is 0 Å². The first-order valence-electron chi connectivity index (χ1n) is 7.36. The van der Waals surface area contributed by atoms with Crippen molar-refractivity contribution in [3.63, 3.8) is 0 Å². The maximum absolute atomic E-state index is 4.40. The van der Waals surface area contributed by atoms with Gasteiger partial charge in [0, 0.05) is 24.8 Å². The summed E-state index contributed by atoms with van der Waals surface area (Å²) < 4.78 is 2.44. The Hall–Kier alpha value is -0.870. The molecule has 1 N–H and O–H groups in total. The number of rotatable bonds is 3. The zero-order valence-electron chi connectivity index (χ0n) is 11.3. The highest BCUT2D eigenvalue weighted by molar-refractivity contribution is 5.09. The summed E-state index contributed by atoms with van der Waals surface area (Å²) in [5, 5.41) is 3.59. The molecule has 3 heterocycles. The van der Waals surface area contributed by atoms with E-state index in [-0.39, 0.29) is 0 Å². The molecule has 2 aliphatic rings. The van der Waals surface area contributed by atoms with Crippen LogP contribution in [0.3, 0.4) is 0 Å². The van der Waals surface area contributed by atoms with Crippen molar-refractivity contribution in [2.24, 2.45) is 0 Å². The van der Waals surface area contributed by atoms with Crippen LogP contribution in [0.5, 0.6) is 0 Å². The molecule has 2 unspecified atom stereocenters. The van der Waals surface area contributed by atoms with E-state index >= 15 is 0 Å². The van der Waals surface area contributed by atoms with E-state index in [2.05, 4.69) is 32.9 Å². The minimum Gasteiger partial charge on any atom is -0.329 e. The van der Waals surface area contributed by atoms with Crippen molar-refractivity contribution < 1.29 is 0 Å². The maximum Gasteiger partial charge on any atom is 0.0951 e. The maximum atomic E-state index is 4.40. The standard InChI is InChI=1S/C14H24N4/c1-2-17-8-4-5-12(10-17)18-11-15-9-14(18)13-6-3-7-16-13/h9,11-13,16H,2-8,10H2,1H3. The van der Waals surface area contributed by atoms with E-state index in [0.717, 1.165) is 6.54 Å². The number of likely N-dealkylation sites (tertiary alicyclic amines) is 1. The van der Waals surface area contributed by atoms with Crippen molar-refractivity contribution in [1.82, 2.24) is 19.8 Å². The highest BCUT2D eigenvalue weighted by Gasteiger charge is 2.25. The Balaban J connectivity index is 1.77. The van der Waals surface area contributed by atoms with E-state index in [9.17, 15) is 0 Å². The number of hydrogen-bond acceptors (Lipinski definition) is 3. The van der Waals surface area contributed by atoms with Crippen molar-refractivity contribution in [3.8, 4) is 0 Å². The molecule has 1 aromatic rings. The van der Waals surface area contributed by atoms with E-state index < -0.39 is 0 Å². The van der Waals surface area contributed by atoms with Crippen molar-refractivity contribution in [2.75, 3.05) is 26.2 Å². The molecule has 0 bridgehead atoms. The molecule has 18 heavy (non-hydrogen) atoms. The lowest BCUT2D eigenvalue weighted by atomic mass is 10.0. The number of aromatic nitrogens is 2. The zero-order valence-corrected chi connectivity index (χ0v) is 11.3. The normalized spacial score (nSPS) is 29.8. The van der Waals surface area contributed by atoms with Gasteiger partial charge in [-0.2, -0.15) is 0 Å².